The van der Waals surface area contributed by atoms with Crippen LogP contribution in [0, 0.1) is 12.7 Å². The van der Waals surface area contributed by atoms with Gasteiger partial charge in [0.05, 0.1) is 10.6 Å². The highest BCUT2D eigenvalue weighted by atomic mass is 79.9. The molecule has 4 heteroatoms. The van der Waals surface area contributed by atoms with E-state index in [1.165, 1.54) is 6.07 Å². The molecule has 0 bridgehead atoms. The van der Waals surface area contributed by atoms with Gasteiger partial charge < -0.3 is 10.1 Å². The minimum atomic E-state index is -0.244. The van der Waals surface area contributed by atoms with Gasteiger partial charge >= 0.3 is 0 Å². The van der Waals surface area contributed by atoms with Crippen LogP contribution in [-0.4, -0.2) is 6.10 Å². The number of hydrogen-bond acceptors (Lipinski definition) is 2. The van der Waals surface area contributed by atoms with Crippen LogP contribution in [0.2, 0.25) is 0 Å². The topological polar surface area (TPSA) is 21.3 Å². The fourth-order valence-electron chi connectivity index (χ4n) is 2.03. The van der Waals surface area contributed by atoms with Crippen LogP contribution in [0.1, 0.15) is 25.0 Å². The second-order valence-electron chi connectivity index (χ2n) is 5.25. The quantitative estimate of drug-likeness (QED) is 0.789. The van der Waals surface area contributed by atoms with Gasteiger partial charge in [-0.3, -0.25) is 0 Å². The fraction of sp³-hybridized carbons (Fsp3) is 0.294. The molecule has 0 aromatic heterocycles. The van der Waals surface area contributed by atoms with Gasteiger partial charge in [0.2, 0.25) is 0 Å². The normalized spacial score (nSPS) is 10.8. The van der Waals surface area contributed by atoms with Crippen LogP contribution in [0.15, 0.2) is 40.9 Å². The van der Waals surface area contributed by atoms with E-state index in [2.05, 4.69) is 21.2 Å². The minimum absolute atomic E-state index is 0.161. The number of aryl methyl sites for hydroxylation is 1. The highest BCUT2D eigenvalue weighted by Gasteiger charge is 2.04. The second-order valence-corrected chi connectivity index (χ2v) is 6.10. The number of halogens is 2. The van der Waals surface area contributed by atoms with Crippen LogP contribution < -0.4 is 10.1 Å². The Morgan fingerprint density at radius 2 is 1.95 bits per heavy atom. The molecule has 2 aromatic rings. The van der Waals surface area contributed by atoms with Gasteiger partial charge in [-0.15, -0.1) is 0 Å². The van der Waals surface area contributed by atoms with Crippen molar-refractivity contribution < 1.29 is 9.13 Å². The van der Waals surface area contributed by atoms with E-state index in [1.807, 2.05) is 45.0 Å². The maximum atomic E-state index is 13.5. The van der Waals surface area contributed by atoms with Crippen LogP contribution in [0.25, 0.3) is 0 Å². The molecule has 1 N–H and O–H groups in total. The van der Waals surface area contributed by atoms with Crippen molar-refractivity contribution in [1.82, 2.24) is 0 Å². The average Bonchev–Trinajstić information content (AvgIpc) is 2.41. The van der Waals surface area contributed by atoms with Crippen molar-refractivity contribution >= 4 is 21.6 Å². The number of benzene rings is 2. The lowest BCUT2D eigenvalue weighted by molar-refractivity contribution is 0.242. The third-order valence-corrected chi connectivity index (χ3v) is 3.68. The Morgan fingerprint density at radius 3 is 2.57 bits per heavy atom. The molecule has 0 radical (unpaired) electrons. The summed E-state index contributed by atoms with van der Waals surface area (Å²) in [6, 6.07) is 11.1. The van der Waals surface area contributed by atoms with Gasteiger partial charge in [0.1, 0.15) is 11.6 Å². The van der Waals surface area contributed by atoms with Crippen molar-refractivity contribution in [2.24, 2.45) is 0 Å². The van der Waals surface area contributed by atoms with Crippen molar-refractivity contribution in [3.8, 4) is 5.75 Å². The average molecular weight is 352 g/mol. The molecule has 0 saturated heterocycles. The summed E-state index contributed by atoms with van der Waals surface area (Å²) < 4.78 is 19.6. The Morgan fingerprint density at radius 1 is 1.19 bits per heavy atom. The molecule has 0 aliphatic rings. The molecule has 0 atom stereocenters. The Kier molecular flexibility index (Phi) is 5.23. The summed E-state index contributed by atoms with van der Waals surface area (Å²) in [6.45, 7) is 6.61. The second kappa shape index (κ2) is 6.94. The summed E-state index contributed by atoms with van der Waals surface area (Å²) in [5.41, 5.74) is 3.03. The van der Waals surface area contributed by atoms with Crippen LogP contribution in [0.3, 0.4) is 0 Å². The molecule has 2 rings (SSSR count). The fourth-order valence-corrected chi connectivity index (χ4v) is 2.27. The van der Waals surface area contributed by atoms with Crippen LogP contribution in [0.5, 0.6) is 5.75 Å². The molecule has 0 spiro atoms. The van der Waals surface area contributed by atoms with E-state index in [0.717, 1.165) is 22.6 Å². The van der Waals surface area contributed by atoms with E-state index < -0.39 is 0 Å². The third-order valence-electron chi connectivity index (χ3n) is 3.04. The van der Waals surface area contributed by atoms with E-state index in [9.17, 15) is 4.39 Å². The Balaban J connectivity index is 2.04. The van der Waals surface area contributed by atoms with E-state index in [1.54, 1.807) is 6.07 Å². The highest BCUT2D eigenvalue weighted by molar-refractivity contribution is 9.10. The molecule has 0 saturated carbocycles. The van der Waals surface area contributed by atoms with Crippen LogP contribution in [-0.2, 0) is 6.54 Å². The molecule has 2 aromatic carbocycles. The predicted octanol–water partition coefficient (Wildman–Crippen LogP) is 5.30. The Labute approximate surface area is 133 Å². The molecule has 0 amide bonds. The lowest BCUT2D eigenvalue weighted by Crippen LogP contribution is -2.06. The summed E-state index contributed by atoms with van der Waals surface area (Å²) >= 11 is 3.16. The molecule has 0 unspecified atom stereocenters. The zero-order chi connectivity index (χ0) is 15.4. The van der Waals surface area contributed by atoms with Crippen molar-refractivity contribution in [2.45, 2.75) is 33.4 Å². The lowest BCUT2D eigenvalue weighted by Gasteiger charge is -2.14. The zero-order valence-electron chi connectivity index (χ0n) is 12.4. The van der Waals surface area contributed by atoms with E-state index in [4.69, 9.17) is 4.74 Å². The maximum absolute atomic E-state index is 13.5. The Bertz CT molecular complexity index is 628. The van der Waals surface area contributed by atoms with E-state index in [-0.39, 0.29) is 11.9 Å². The van der Waals surface area contributed by atoms with Gasteiger partial charge in [-0.2, -0.15) is 0 Å². The minimum Gasteiger partial charge on any atom is -0.491 e. The molecule has 0 aliphatic heterocycles. The highest BCUT2D eigenvalue weighted by Crippen LogP contribution is 2.23. The predicted molar refractivity (Wildman–Crippen MR) is 88.4 cm³/mol. The summed E-state index contributed by atoms with van der Waals surface area (Å²) in [7, 11) is 0. The number of anilines is 1. The van der Waals surface area contributed by atoms with E-state index in [0.29, 0.717) is 11.0 Å². The number of rotatable bonds is 5. The molecule has 112 valence electrons. The first-order valence-electron chi connectivity index (χ1n) is 6.91. The summed E-state index contributed by atoms with van der Waals surface area (Å²) in [6.07, 6.45) is 0.161. The summed E-state index contributed by atoms with van der Waals surface area (Å²) in [5.74, 6) is 0.620. The number of nitrogens with one attached hydrogen (secondary N) is 1. The summed E-state index contributed by atoms with van der Waals surface area (Å²) in [5, 5.41) is 3.32. The molecule has 0 heterocycles. The largest absolute Gasteiger partial charge is 0.491 e. The summed E-state index contributed by atoms with van der Waals surface area (Å²) in [4.78, 5) is 0. The van der Waals surface area contributed by atoms with Crippen molar-refractivity contribution in [3.05, 3.63) is 57.8 Å². The lowest BCUT2D eigenvalue weighted by atomic mass is 10.1. The monoisotopic (exact) mass is 351 g/mol. The third kappa shape index (κ3) is 4.46. The van der Waals surface area contributed by atoms with Crippen molar-refractivity contribution in [2.75, 3.05) is 5.32 Å². The molecular weight excluding hydrogens is 333 g/mol. The molecular formula is C17H19BrFNO. The smallest absolute Gasteiger partial charge is 0.137 e. The standard InChI is InChI=1S/C17H19BrFNO/c1-11(2)21-14-5-7-17(12(3)8-14)20-10-13-4-6-15(18)16(19)9-13/h4-9,11,20H,10H2,1-3H3. The first-order valence-corrected chi connectivity index (χ1v) is 7.70. The van der Waals surface area contributed by atoms with Gasteiger partial charge in [-0.05, 0) is 78.2 Å². The molecule has 2 nitrogen and oxygen atoms in total. The number of hydrogen-bond donors (Lipinski definition) is 1. The van der Waals surface area contributed by atoms with Gasteiger partial charge in [0, 0.05) is 12.2 Å². The molecule has 0 aliphatic carbocycles. The van der Waals surface area contributed by atoms with Gasteiger partial charge in [0.15, 0.2) is 0 Å². The number of ether oxygens (including phenoxy) is 1. The zero-order valence-corrected chi connectivity index (χ0v) is 14.0. The van der Waals surface area contributed by atoms with E-state index >= 15 is 0 Å². The van der Waals surface area contributed by atoms with Gasteiger partial charge in [0.25, 0.3) is 0 Å². The van der Waals surface area contributed by atoms with Crippen LogP contribution in [0.4, 0.5) is 10.1 Å². The Hall–Kier alpha value is -1.55. The van der Waals surface area contributed by atoms with Crippen LogP contribution >= 0.6 is 15.9 Å². The SMILES string of the molecule is Cc1cc(OC(C)C)ccc1NCc1ccc(Br)c(F)c1. The van der Waals surface area contributed by atoms with Crippen molar-refractivity contribution in [3.63, 3.8) is 0 Å². The maximum Gasteiger partial charge on any atom is 0.137 e. The first kappa shape index (κ1) is 15.8. The molecule has 0 fully saturated rings. The molecule has 21 heavy (non-hydrogen) atoms. The first-order chi connectivity index (χ1) is 9.95. The van der Waals surface area contributed by atoms with Gasteiger partial charge in [-0.25, -0.2) is 4.39 Å². The van der Waals surface area contributed by atoms with Gasteiger partial charge in [-0.1, -0.05) is 6.07 Å². The van der Waals surface area contributed by atoms with Crippen molar-refractivity contribution in [1.29, 1.82) is 0 Å².